The van der Waals surface area contributed by atoms with Gasteiger partial charge < -0.3 is 14.8 Å². The van der Waals surface area contributed by atoms with Crippen molar-refractivity contribution in [2.24, 2.45) is 0 Å². The van der Waals surface area contributed by atoms with E-state index < -0.39 is 15.6 Å². The van der Waals surface area contributed by atoms with Crippen molar-refractivity contribution in [3.63, 3.8) is 0 Å². The second-order valence-corrected chi connectivity index (χ2v) is 9.96. The lowest BCUT2D eigenvalue weighted by Gasteiger charge is -2.38. The molecule has 7 nitrogen and oxygen atoms in total. The normalized spacial score (nSPS) is 17.9. The lowest BCUT2D eigenvalue weighted by molar-refractivity contribution is 0.0618. The summed E-state index contributed by atoms with van der Waals surface area (Å²) in [7, 11) is 0.867. The Morgan fingerprint density at radius 3 is 2.59 bits per heavy atom. The highest BCUT2D eigenvalue weighted by Gasteiger charge is 2.35. The molecule has 1 heterocycles. The number of ether oxygens (including phenoxy) is 2. The molecule has 0 radical (unpaired) electrons. The Morgan fingerprint density at radius 2 is 1.93 bits per heavy atom. The van der Waals surface area contributed by atoms with Crippen molar-refractivity contribution < 1.29 is 22.7 Å². The third-order valence-electron chi connectivity index (χ3n) is 4.85. The standard InChI is InChI=1S/C21H26N2O5S/c1-21(2)13-18(17-12-15(27-5)9-10-19(17)28-21)22-20(24)14-7-6-8-16(11-14)29(25,26)23(3)4/h6-12,18H,13H2,1-5H3,(H,22,24)/t18-/m0/s1. The molecule has 1 atom stereocenters. The summed E-state index contributed by atoms with van der Waals surface area (Å²) in [5.41, 5.74) is 0.645. The Morgan fingerprint density at radius 1 is 1.21 bits per heavy atom. The second kappa shape index (κ2) is 7.68. The number of hydrogen-bond acceptors (Lipinski definition) is 5. The number of carbonyl (C=O) groups excluding carboxylic acids is 1. The van der Waals surface area contributed by atoms with E-state index in [1.54, 1.807) is 19.2 Å². The summed E-state index contributed by atoms with van der Waals surface area (Å²) in [6.45, 7) is 3.92. The minimum Gasteiger partial charge on any atom is -0.497 e. The van der Waals surface area contributed by atoms with Crippen LogP contribution in [-0.2, 0) is 10.0 Å². The van der Waals surface area contributed by atoms with Gasteiger partial charge in [-0.1, -0.05) is 6.07 Å². The molecule has 1 N–H and O–H groups in total. The van der Waals surface area contributed by atoms with Crippen molar-refractivity contribution in [3.05, 3.63) is 53.6 Å². The summed E-state index contributed by atoms with van der Waals surface area (Å²) in [5.74, 6) is 1.01. The fourth-order valence-corrected chi connectivity index (χ4v) is 4.29. The largest absolute Gasteiger partial charge is 0.497 e. The molecule has 2 aromatic carbocycles. The van der Waals surface area contributed by atoms with E-state index in [0.29, 0.717) is 17.9 Å². The number of hydrogen-bond donors (Lipinski definition) is 1. The summed E-state index contributed by atoms with van der Waals surface area (Å²) >= 11 is 0. The van der Waals surface area contributed by atoms with E-state index in [0.717, 1.165) is 9.87 Å². The van der Waals surface area contributed by atoms with Crippen LogP contribution in [0.1, 0.15) is 42.2 Å². The van der Waals surface area contributed by atoms with Gasteiger partial charge in [0.25, 0.3) is 5.91 Å². The average molecular weight is 419 g/mol. The zero-order valence-corrected chi connectivity index (χ0v) is 18.0. The lowest BCUT2D eigenvalue weighted by Crippen LogP contribution is -2.41. The van der Waals surface area contributed by atoms with Crippen LogP contribution in [-0.4, -0.2) is 45.4 Å². The van der Waals surface area contributed by atoms with Crippen LogP contribution in [0, 0.1) is 0 Å². The molecule has 0 aliphatic carbocycles. The summed E-state index contributed by atoms with van der Waals surface area (Å²) in [5, 5.41) is 3.02. The van der Waals surface area contributed by atoms with Gasteiger partial charge in [0.05, 0.1) is 18.0 Å². The fourth-order valence-electron chi connectivity index (χ4n) is 3.34. The Bertz CT molecular complexity index is 1030. The van der Waals surface area contributed by atoms with E-state index in [1.165, 1.54) is 26.2 Å². The maximum atomic E-state index is 12.9. The predicted molar refractivity (Wildman–Crippen MR) is 110 cm³/mol. The van der Waals surface area contributed by atoms with Crippen molar-refractivity contribution in [3.8, 4) is 11.5 Å². The smallest absolute Gasteiger partial charge is 0.251 e. The Hall–Kier alpha value is -2.58. The van der Waals surface area contributed by atoms with Crippen LogP contribution in [0.25, 0.3) is 0 Å². The molecular weight excluding hydrogens is 392 g/mol. The van der Waals surface area contributed by atoms with E-state index >= 15 is 0 Å². The van der Waals surface area contributed by atoms with Crippen LogP contribution in [0.2, 0.25) is 0 Å². The number of nitrogens with one attached hydrogen (secondary N) is 1. The molecule has 29 heavy (non-hydrogen) atoms. The molecule has 0 fully saturated rings. The highest BCUT2D eigenvalue weighted by molar-refractivity contribution is 7.89. The molecule has 1 aliphatic rings. The zero-order chi connectivity index (χ0) is 21.4. The molecule has 1 aliphatic heterocycles. The van der Waals surface area contributed by atoms with Gasteiger partial charge in [0.1, 0.15) is 17.1 Å². The molecule has 2 aromatic rings. The van der Waals surface area contributed by atoms with Crippen LogP contribution in [0.5, 0.6) is 11.5 Å². The summed E-state index contributed by atoms with van der Waals surface area (Å²) in [6.07, 6.45) is 0.564. The quantitative estimate of drug-likeness (QED) is 0.807. The van der Waals surface area contributed by atoms with Crippen molar-refractivity contribution in [1.82, 2.24) is 9.62 Å². The molecule has 156 valence electrons. The van der Waals surface area contributed by atoms with Crippen molar-refractivity contribution in [2.45, 2.75) is 36.8 Å². The van der Waals surface area contributed by atoms with Crippen LogP contribution < -0.4 is 14.8 Å². The number of rotatable bonds is 5. The van der Waals surface area contributed by atoms with Gasteiger partial charge in [-0.15, -0.1) is 0 Å². The number of amides is 1. The number of fused-ring (bicyclic) bond motifs is 1. The molecule has 3 rings (SSSR count). The van der Waals surface area contributed by atoms with Crippen molar-refractivity contribution in [1.29, 1.82) is 0 Å². The van der Waals surface area contributed by atoms with E-state index in [4.69, 9.17) is 9.47 Å². The van der Waals surface area contributed by atoms with Gasteiger partial charge in [-0.3, -0.25) is 4.79 Å². The molecule has 0 bridgehead atoms. The van der Waals surface area contributed by atoms with Gasteiger partial charge >= 0.3 is 0 Å². The summed E-state index contributed by atoms with van der Waals surface area (Å²) in [6, 6.07) is 11.2. The Labute approximate surface area is 171 Å². The first-order valence-corrected chi connectivity index (χ1v) is 10.7. The van der Waals surface area contributed by atoms with Crippen LogP contribution in [0.15, 0.2) is 47.4 Å². The van der Waals surface area contributed by atoms with E-state index in [2.05, 4.69) is 5.32 Å². The zero-order valence-electron chi connectivity index (χ0n) is 17.2. The minimum absolute atomic E-state index is 0.0736. The van der Waals surface area contributed by atoms with Gasteiger partial charge in [0, 0.05) is 31.6 Å². The SMILES string of the molecule is COc1ccc2c(c1)[C@@H](NC(=O)c1cccc(S(=O)(=O)N(C)C)c1)CC(C)(C)O2. The molecule has 0 unspecified atom stereocenters. The molecule has 0 saturated carbocycles. The number of benzene rings is 2. The predicted octanol–water partition coefficient (Wildman–Crippen LogP) is 2.98. The van der Waals surface area contributed by atoms with E-state index in [1.807, 2.05) is 32.0 Å². The van der Waals surface area contributed by atoms with Crippen molar-refractivity contribution >= 4 is 15.9 Å². The topological polar surface area (TPSA) is 84.9 Å². The number of carbonyl (C=O) groups is 1. The molecule has 0 saturated heterocycles. The first-order chi connectivity index (χ1) is 13.5. The number of nitrogens with zero attached hydrogens (tertiary/aromatic N) is 1. The van der Waals surface area contributed by atoms with E-state index in [-0.39, 0.29) is 22.4 Å². The van der Waals surface area contributed by atoms with Crippen LogP contribution in [0.4, 0.5) is 0 Å². The van der Waals surface area contributed by atoms with Crippen LogP contribution in [0.3, 0.4) is 0 Å². The number of sulfonamides is 1. The van der Waals surface area contributed by atoms with Crippen LogP contribution >= 0.6 is 0 Å². The maximum absolute atomic E-state index is 12.9. The van der Waals surface area contributed by atoms with Gasteiger partial charge in [0.2, 0.25) is 10.0 Å². The monoisotopic (exact) mass is 418 g/mol. The van der Waals surface area contributed by atoms with Gasteiger partial charge in [-0.2, -0.15) is 0 Å². The Balaban J connectivity index is 1.92. The number of methoxy groups -OCH3 is 1. The van der Waals surface area contributed by atoms with Gasteiger partial charge in [-0.25, -0.2) is 12.7 Å². The third kappa shape index (κ3) is 4.38. The minimum atomic E-state index is -3.63. The fraction of sp³-hybridized carbons (Fsp3) is 0.381. The van der Waals surface area contributed by atoms with Gasteiger partial charge in [0.15, 0.2) is 0 Å². The molecule has 0 aromatic heterocycles. The van der Waals surface area contributed by atoms with Gasteiger partial charge in [-0.05, 0) is 50.2 Å². The molecule has 1 amide bonds. The second-order valence-electron chi connectivity index (χ2n) is 7.81. The maximum Gasteiger partial charge on any atom is 0.251 e. The average Bonchev–Trinajstić information content (AvgIpc) is 2.66. The Kier molecular flexibility index (Phi) is 5.60. The molecular formula is C21H26N2O5S. The molecule has 8 heteroatoms. The van der Waals surface area contributed by atoms with E-state index in [9.17, 15) is 13.2 Å². The summed E-state index contributed by atoms with van der Waals surface area (Å²) < 4.78 is 37.2. The summed E-state index contributed by atoms with van der Waals surface area (Å²) in [4.78, 5) is 13.0. The lowest BCUT2D eigenvalue weighted by atomic mass is 9.89. The third-order valence-corrected chi connectivity index (χ3v) is 6.67. The first kappa shape index (κ1) is 21.1. The first-order valence-electron chi connectivity index (χ1n) is 9.24. The van der Waals surface area contributed by atoms with Crippen molar-refractivity contribution in [2.75, 3.05) is 21.2 Å². The highest BCUT2D eigenvalue weighted by atomic mass is 32.2. The highest BCUT2D eigenvalue weighted by Crippen LogP contribution is 2.41. The molecule has 0 spiro atoms.